The molecule has 1 saturated heterocycles. The van der Waals surface area contributed by atoms with Gasteiger partial charge in [-0.25, -0.2) is 4.79 Å². The van der Waals surface area contributed by atoms with Crippen molar-refractivity contribution in [1.82, 2.24) is 19.8 Å². The van der Waals surface area contributed by atoms with E-state index in [-0.39, 0.29) is 36.0 Å². The van der Waals surface area contributed by atoms with Gasteiger partial charge in [0.2, 0.25) is 0 Å². The molecular weight excluding hydrogens is 344 g/mol. The van der Waals surface area contributed by atoms with Crippen LogP contribution in [-0.4, -0.2) is 45.5 Å². The van der Waals surface area contributed by atoms with Gasteiger partial charge in [0.25, 0.3) is 11.5 Å². The van der Waals surface area contributed by atoms with Crippen LogP contribution in [0.15, 0.2) is 27.8 Å². The molecule has 1 aromatic carbocycles. The van der Waals surface area contributed by atoms with Crippen molar-refractivity contribution in [3.05, 3.63) is 44.6 Å². The third-order valence-electron chi connectivity index (χ3n) is 4.84. The van der Waals surface area contributed by atoms with Gasteiger partial charge < -0.3 is 15.2 Å². The first-order valence-corrected chi connectivity index (χ1v) is 8.25. The quantitative estimate of drug-likeness (QED) is 0.828. The predicted octanol–water partition coefficient (Wildman–Crippen LogP) is 0.954. The van der Waals surface area contributed by atoms with E-state index in [2.05, 4.69) is 17.2 Å². The van der Waals surface area contributed by atoms with Crippen LogP contribution in [0.4, 0.5) is 0 Å². The molecule has 1 aromatic heterocycles. The summed E-state index contributed by atoms with van der Waals surface area (Å²) in [7, 11) is 0. The maximum absolute atomic E-state index is 12.8. The van der Waals surface area contributed by atoms with Crippen molar-refractivity contribution in [2.75, 3.05) is 13.1 Å². The van der Waals surface area contributed by atoms with E-state index < -0.39 is 5.69 Å². The van der Waals surface area contributed by atoms with E-state index in [1.54, 1.807) is 25.1 Å². The molecule has 2 heterocycles. The van der Waals surface area contributed by atoms with Crippen molar-refractivity contribution in [1.29, 1.82) is 0 Å². The number of hydrogen-bond donors (Lipinski definition) is 2. The van der Waals surface area contributed by atoms with Gasteiger partial charge in [-0.15, -0.1) is 12.4 Å². The van der Waals surface area contributed by atoms with Crippen LogP contribution in [0.25, 0.3) is 10.9 Å². The molecule has 8 heteroatoms. The molecule has 1 amide bonds. The lowest BCUT2D eigenvalue weighted by Crippen LogP contribution is -2.57. The maximum Gasteiger partial charge on any atom is 0.328 e. The molecule has 2 unspecified atom stereocenters. The van der Waals surface area contributed by atoms with E-state index in [0.717, 1.165) is 11.1 Å². The van der Waals surface area contributed by atoms with E-state index in [1.165, 1.54) is 0 Å². The number of nitrogens with zero attached hydrogens (tertiary/aromatic N) is 2. The predicted molar refractivity (Wildman–Crippen MR) is 99.7 cm³/mol. The van der Waals surface area contributed by atoms with Gasteiger partial charge in [0.15, 0.2) is 0 Å². The summed E-state index contributed by atoms with van der Waals surface area (Å²) in [6.45, 7) is 7.50. The molecule has 0 bridgehead atoms. The highest BCUT2D eigenvalue weighted by Gasteiger charge is 2.28. The Morgan fingerprint density at radius 2 is 2.00 bits per heavy atom. The highest BCUT2D eigenvalue weighted by molar-refractivity contribution is 5.97. The van der Waals surface area contributed by atoms with Gasteiger partial charge in [0, 0.05) is 37.3 Å². The average Bonchev–Trinajstić information content (AvgIpc) is 2.56. The zero-order chi connectivity index (χ0) is 17.4. The fraction of sp³-hybridized carbons (Fsp3) is 0.471. The zero-order valence-corrected chi connectivity index (χ0v) is 15.4. The third kappa shape index (κ3) is 3.34. The fourth-order valence-electron chi connectivity index (χ4n) is 3.18. The van der Waals surface area contributed by atoms with Crippen LogP contribution in [0.5, 0.6) is 0 Å². The summed E-state index contributed by atoms with van der Waals surface area (Å²) in [5.74, 6) is -0.0849. The van der Waals surface area contributed by atoms with Crippen LogP contribution >= 0.6 is 12.4 Å². The van der Waals surface area contributed by atoms with Crippen molar-refractivity contribution >= 4 is 29.2 Å². The van der Waals surface area contributed by atoms with E-state index in [1.807, 2.05) is 11.8 Å². The molecular formula is C17H23ClN4O3. The maximum atomic E-state index is 12.8. The Morgan fingerprint density at radius 3 is 2.68 bits per heavy atom. The number of fused-ring (bicyclic) bond motifs is 1. The Labute approximate surface area is 151 Å². The number of piperazine rings is 1. The Balaban J connectivity index is 0.00000225. The topological polar surface area (TPSA) is 87.2 Å². The molecule has 25 heavy (non-hydrogen) atoms. The second-order valence-corrected chi connectivity index (χ2v) is 6.22. The first-order chi connectivity index (χ1) is 11.4. The molecule has 0 radical (unpaired) electrons. The summed E-state index contributed by atoms with van der Waals surface area (Å²) < 4.78 is 1.14. The smallest absolute Gasteiger partial charge is 0.328 e. The Kier molecular flexibility index (Phi) is 5.69. The van der Waals surface area contributed by atoms with Gasteiger partial charge in [0.1, 0.15) is 0 Å². The van der Waals surface area contributed by atoms with Gasteiger partial charge in [-0.05, 0) is 39.0 Å². The molecule has 3 rings (SSSR count). The number of nitrogens with one attached hydrogen (secondary N) is 2. The molecule has 1 aliphatic rings. The monoisotopic (exact) mass is 366 g/mol. The standard InChI is InChI=1S/C17H22N4O3.ClH/c1-4-20-16(23)13-6-5-12(9-14(13)19-17(20)24)15(22)21-8-7-18-10(2)11(21)3;/h5-6,9-11,18H,4,7-8H2,1-3H3,(H,19,24);1H. The van der Waals surface area contributed by atoms with Crippen molar-refractivity contribution in [3.63, 3.8) is 0 Å². The highest BCUT2D eigenvalue weighted by atomic mass is 35.5. The molecule has 1 fully saturated rings. The largest absolute Gasteiger partial charge is 0.333 e. The van der Waals surface area contributed by atoms with Crippen LogP contribution in [0, 0.1) is 0 Å². The van der Waals surface area contributed by atoms with Crippen LogP contribution < -0.4 is 16.6 Å². The second-order valence-electron chi connectivity index (χ2n) is 6.22. The van der Waals surface area contributed by atoms with Gasteiger partial charge in [-0.2, -0.15) is 0 Å². The summed E-state index contributed by atoms with van der Waals surface area (Å²) >= 11 is 0. The number of rotatable bonds is 2. The Morgan fingerprint density at radius 1 is 1.28 bits per heavy atom. The van der Waals surface area contributed by atoms with E-state index in [9.17, 15) is 14.4 Å². The second kappa shape index (κ2) is 7.41. The lowest BCUT2D eigenvalue weighted by molar-refractivity contribution is 0.0603. The number of benzene rings is 1. The van der Waals surface area contributed by atoms with E-state index in [0.29, 0.717) is 29.6 Å². The zero-order valence-electron chi connectivity index (χ0n) is 14.5. The van der Waals surface area contributed by atoms with E-state index in [4.69, 9.17) is 0 Å². The van der Waals surface area contributed by atoms with Crippen LogP contribution in [0.2, 0.25) is 0 Å². The first kappa shape index (κ1) is 19.2. The molecule has 136 valence electrons. The molecule has 0 saturated carbocycles. The molecule has 7 nitrogen and oxygen atoms in total. The number of halogens is 1. The summed E-state index contributed by atoms with van der Waals surface area (Å²) in [5, 5.41) is 3.75. The minimum absolute atomic E-state index is 0. The van der Waals surface area contributed by atoms with Crippen molar-refractivity contribution in [2.45, 2.75) is 39.4 Å². The molecule has 1 aliphatic heterocycles. The fourth-order valence-corrected chi connectivity index (χ4v) is 3.18. The third-order valence-corrected chi connectivity index (χ3v) is 4.84. The highest BCUT2D eigenvalue weighted by Crippen LogP contribution is 2.16. The van der Waals surface area contributed by atoms with Gasteiger partial charge in [-0.3, -0.25) is 14.2 Å². The minimum atomic E-state index is -0.455. The molecule has 2 atom stereocenters. The summed E-state index contributed by atoms with van der Waals surface area (Å²) in [6, 6.07) is 5.17. The van der Waals surface area contributed by atoms with Crippen LogP contribution in [0.1, 0.15) is 31.1 Å². The number of amides is 1. The number of H-pyrrole nitrogens is 1. The van der Waals surface area contributed by atoms with Crippen LogP contribution in [-0.2, 0) is 6.54 Å². The van der Waals surface area contributed by atoms with Gasteiger partial charge in [0.05, 0.1) is 10.9 Å². The number of carbonyl (C=O) groups excluding carboxylic acids is 1. The SMILES string of the molecule is CCn1c(=O)[nH]c2cc(C(=O)N3CCNC(C)C3C)ccc2c1=O.Cl. The lowest BCUT2D eigenvalue weighted by Gasteiger charge is -2.38. The molecule has 0 aliphatic carbocycles. The number of carbonyl (C=O) groups is 1. The Hall–Kier alpha value is -2.12. The average molecular weight is 367 g/mol. The van der Waals surface area contributed by atoms with E-state index >= 15 is 0 Å². The Bertz CT molecular complexity index is 905. The van der Waals surface area contributed by atoms with Crippen molar-refractivity contribution < 1.29 is 4.79 Å². The summed E-state index contributed by atoms with van der Waals surface area (Å²) in [6.07, 6.45) is 0. The molecule has 2 aromatic rings. The van der Waals surface area contributed by atoms with Crippen molar-refractivity contribution in [3.8, 4) is 0 Å². The number of aromatic nitrogens is 2. The summed E-state index contributed by atoms with van der Waals surface area (Å²) in [4.78, 5) is 41.6. The molecule has 0 spiro atoms. The first-order valence-electron chi connectivity index (χ1n) is 8.25. The number of aromatic amines is 1. The lowest BCUT2D eigenvalue weighted by atomic mass is 10.0. The van der Waals surface area contributed by atoms with Gasteiger partial charge in [-0.1, -0.05) is 0 Å². The van der Waals surface area contributed by atoms with Crippen molar-refractivity contribution in [2.24, 2.45) is 0 Å². The molecule has 2 N–H and O–H groups in total. The van der Waals surface area contributed by atoms with Crippen LogP contribution in [0.3, 0.4) is 0 Å². The number of hydrogen-bond acceptors (Lipinski definition) is 4. The van der Waals surface area contributed by atoms with Gasteiger partial charge >= 0.3 is 5.69 Å². The summed E-state index contributed by atoms with van der Waals surface area (Å²) in [5.41, 5.74) is 0.0901. The minimum Gasteiger partial charge on any atom is -0.333 e. The normalized spacial score (nSPS) is 20.4.